The van der Waals surface area contributed by atoms with Crippen LogP contribution in [0.25, 0.3) is 12.2 Å². The van der Waals surface area contributed by atoms with E-state index in [2.05, 4.69) is 72.2 Å². The predicted octanol–water partition coefficient (Wildman–Crippen LogP) is 2.64. The Balaban J connectivity index is 1.88. The van der Waals surface area contributed by atoms with Crippen LogP contribution in [-0.4, -0.2) is 15.1 Å². The summed E-state index contributed by atoms with van der Waals surface area (Å²) in [5, 5.41) is 8.90. The van der Waals surface area contributed by atoms with Crippen molar-refractivity contribution in [1.82, 2.24) is 20.6 Å². The van der Waals surface area contributed by atoms with Gasteiger partial charge in [0.15, 0.2) is 5.11 Å². The standard InChI is InChI=1S/C21H28N4S/c1-6-8-18-17(7-2)24-19(25-18)14-23-20(26)22-13-15-9-11-16(12-10-15)21(3,4)5/h6-12H,1,13-14H2,2-5H3,(H,24,25)(H2,22,23,26)/b17-7+,18-8+. The van der Waals surface area contributed by atoms with E-state index < -0.39 is 0 Å². The number of hydrogen-bond acceptors (Lipinski definition) is 2. The lowest BCUT2D eigenvalue weighted by Gasteiger charge is -2.19. The van der Waals surface area contributed by atoms with Crippen molar-refractivity contribution in [2.24, 2.45) is 0 Å². The first-order valence-corrected chi connectivity index (χ1v) is 9.19. The zero-order chi connectivity index (χ0) is 19.2. The van der Waals surface area contributed by atoms with Crippen molar-refractivity contribution in [3.8, 4) is 0 Å². The SMILES string of the molecule is C=C/C=c1/[nH]c(CNC(=S)NCc2ccc(C(C)(C)C)cc2)n/c1=C/C. The molecule has 1 heterocycles. The van der Waals surface area contributed by atoms with Crippen LogP contribution in [0.2, 0.25) is 0 Å². The number of imidazole rings is 1. The Labute approximate surface area is 161 Å². The van der Waals surface area contributed by atoms with Gasteiger partial charge in [0.2, 0.25) is 0 Å². The lowest BCUT2D eigenvalue weighted by Crippen LogP contribution is -2.34. The van der Waals surface area contributed by atoms with E-state index in [4.69, 9.17) is 12.2 Å². The molecule has 0 saturated carbocycles. The molecule has 26 heavy (non-hydrogen) atoms. The van der Waals surface area contributed by atoms with Gasteiger partial charge in [-0.15, -0.1) is 0 Å². The molecule has 0 saturated heterocycles. The topological polar surface area (TPSA) is 52.7 Å². The number of benzene rings is 1. The van der Waals surface area contributed by atoms with Crippen LogP contribution in [0.3, 0.4) is 0 Å². The van der Waals surface area contributed by atoms with Crippen LogP contribution in [0.4, 0.5) is 0 Å². The van der Waals surface area contributed by atoms with Crippen LogP contribution in [0.5, 0.6) is 0 Å². The highest BCUT2D eigenvalue weighted by Gasteiger charge is 2.12. The van der Waals surface area contributed by atoms with Gasteiger partial charge in [-0.2, -0.15) is 0 Å². The van der Waals surface area contributed by atoms with E-state index in [1.165, 1.54) is 11.1 Å². The summed E-state index contributed by atoms with van der Waals surface area (Å²) in [6, 6.07) is 8.64. The number of H-pyrrole nitrogens is 1. The normalized spacial score (nSPS) is 12.9. The van der Waals surface area contributed by atoms with Crippen LogP contribution in [0, 0.1) is 0 Å². The maximum atomic E-state index is 5.36. The van der Waals surface area contributed by atoms with Gasteiger partial charge >= 0.3 is 0 Å². The third-order valence-corrected chi connectivity index (χ3v) is 4.35. The second kappa shape index (κ2) is 8.81. The molecule has 0 unspecified atom stereocenters. The fourth-order valence-corrected chi connectivity index (χ4v) is 2.68. The zero-order valence-corrected chi connectivity index (χ0v) is 16.8. The molecular formula is C21H28N4S. The van der Waals surface area contributed by atoms with Gasteiger partial charge in [0.25, 0.3) is 0 Å². The highest BCUT2D eigenvalue weighted by atomic mass is 32.1. The Morgan fingerprint density at radius 3 is 2.42 bits per heavy atom. The molecule has 0 fully saturated rings. The number of hydrogen-bond donors (Lipinski definition) is 3. The summed E-state index contributed by atoms with van der Waals surface area (Å²) in [6.07, 6.45) is 5.62. The summed E-state index contributed by atoms with van der Waals surface area (Å²) in [7, 11) is 0. The first-order chi connectivity index (χ1) is 12.3. The molecule has 4 nitrogen and oxygen atoms in total. The number of aromatic nitrogens is 2. The molecule has 0 atom stereocenters. The minimum Gasteiger partial charge on any atom is -0.359 e. The lowest BCUT2D eigenvalue weighted by molar-refractivity contribution is 0.590. The monoisotopic (exact) mass is 368 g/mol. The molecule has 0 bridgehead atoms. The van der Waals surface area contributed by atoms with Gasteiger partial charge in [0.05, 0.1) is 17.2 Å². The average Bonchev–Trinajstić information content (AvgIpc) is 3.00. The van der Waals surface area contributed by atoms with Gasteiger partial charge in [-0.05, 0) is 41.8 Å². The van der Waals surface area contributed by atoms with E-state index in [0.29, 0.717) is 18.2 Å². The molecule has 0 aliphatic heterocycles. The Morgan fingerprint density at radius 2 is 1.85 bits per heavy atom. The van der Waals surface area contributed by atoms with Crippen LogP contribution >= 0.6 is 12.2 Å². The number of nitrogens with zero attached hydrogens (tertiary/aromatic N) is 1. The molecule has 5 heteroatoms. The van der Waals surface area contributed by atoms with Crippen molar-refractivity contribution in [2.75, 3.05) is 0 Å². The van der Waals surface area contributed by atoms with Gasteiger partial charge < -0.3 is 15.6 Å². The lowest BCUT2D eigenvalue weighted by atomic mass is 9.87. The zero-order valence-electron chi connectivity index (χ0n) is 16.0. The molecule has 138 valence electrons. The maximum Gasteiger partial charge on any atom is 0.166 e. The third-order valence-electron chi connectivity index (χ3n) is 4.06. The summed E-state index contributed by atoms with van der Waals surface area (Å²) in [4.78, 5) is 7.79. The molecule has 0 amide bonds. The number of aromatic amines is 1. The molecule has 0 spiro atoms. The Bertz CT molecular complexity index is 870. The highest BCUT2D eigenvalue weighted by molar-refractivity contribution is 7.80. The van der Waals surface area contributed by atoms with Crippen LogP contribution in [0.1, 0.15) is 44.6 Å². The molecule has 1 aromatic heterocycles. The fraction of sp³-hybridized carbons (Fsp3) is 0.333. The number of rotatable bonds is 5. The summed E-state index contributed by atoms with van der Waals surface area (Å²) >= 11 is 5.36. The van der Waals surface area contributed by atoms with Crippen molar-refractivity contribution >= 4 is 29.5 Å². The van der Waals surface area contributed by atoms with Crippen LogP contribution < -0.4 is 21.3 Å². The van der Waals surface area contributed by atoms with Crippen molar-refractivity contribution in [3.05, 3.63) is 64.6 Å². The first kappa shape index (κ1) is 19.9. The predicted molar refractivity (Wildman–Crippen MR) is 114 cm³/mol. The number of nitrogens with one attached hydrogen (secondary N) is 3. The van der Waals surface area contributed by atoms with E-state index in [0.717, 1.165) is 16.5 Å². The van der Waals surface area contributed by atoms with E-state index >= 15 is 0 Å². The van der Waals surface area contributed by atoms with E-state index in [-0.39, 0.29) is 5.41 Å². The Hall–Kier alpha value is -2.40. The van der Waals surface area contributed by atoms with Crippen molar-refractivity contribution in [1.29, 1.82) is 0 Å². The number of thiocarbonyl (C=S) groups is 1. The van der Waals surface area contributed by atoms with Crippen LogP contribution in [0.15, 0.2) is 36.9 Å². The second-order valence-electron chi connectivity index (χ2n) is 7.16. The molecular weight excluding hydrogens is 340 g/mol. The first-order valence-electron chi connectivity index (χ1n) is 8.78. The Morgan fingerprint density at radius 1 is 1.19 bits per heavy atom. The molecule has 0 radical (unpaired) electrons. The van der Waals surface area contributed by atoms with Crippen molar-refractivity contribution in [2.45, 2.75) is 46.2 Å². The second-order valence-corrected chi connectivity index (χ2v) is 7.56. The summed E-state index contributed by atoms with van der Waals surface area (Å²) in [5.74, 6) is 0.838. The molecule has 0 aliphatic rings. The molecule has 0 aliphatic carbocycles. The van der Waals surface area contributed by atoms with E-state index in [9.17, 15) is 0 Å². The van der Waals surface area contributed by atoms with Gasteiger partial charge in [0.1, 0.15) is 5.82 Å². The maximum absolute atomic E-state index is 5.36. The smallest absolute Gasteiger partial charge is 0.166 e. The van der Waals surface area contributed by atoms with Gasteiger partial charge in [-0.3, -0.25) is 0 Å². The largest absolute Gasteiger partial charge is 0.359 e. The average molecular weight is 369 g/mol. The van der Waals surface area contributed by atoms with Crippen LogP contribution in [-0.2, 0) is 18.5 Å². The number of allylic oxidation sites excluding steroid dienone is 1. The van der Waals surface area contributed by atoms with Crippen molar-refractivity contribution < 1.29 is 0 Å². The highest BCUT2D eigenvalue weighted by Crippen LogP contribution is 2.22. The quantitative estimate of drug-likeness (QED) is 0.710. The van der Waals surface area contributed by atoms with Gasteiger partial charge in [-0.25, -0.2) is 4.98 Å². The molecule has 2 aromatic rings. The minimum atomic E-state index is 0.169. The van der Waals surface area contributed by atoms with Gasteiger partial charge in [-0.1, -0.05) is 63.8 Å². The van der Waals surface area contributed by atoms with Gasteiger partial charge in [0, 0.05) is 6.54 Å². The fourth-order valence-electron chi connectivity index (χ4n) is 2.53. The molecule has 2 rings (SSSR count). The molecule has 3 N–H and O–H groups in total. The van der Waals surface area contributed by atoms with Crippen molar-refractivity contribution in [3.63, 3.8) is 0 Å². The minimum absolute atomic E-state index is 0.169. The summed E-state index contributed by atoms with van der Waals surface area (Å²) in [5.41, 5.74) is 2.70. The Kier molecular flexibility index (Phi) is 6.75. The van der Waals surface area contributed by atoms with E-state index in [1.807, 2.05) is 19.1 Å². The summed E-state index contributed by atoms with van der Waals surface area (Å²) in [6.45, 7) is 13.6. The molecule has 1 aromatic carbocycles. The summed E-state index contributed by atoms with van der Waals surface area (Å²) < 4.78 is 0. The van der Waals surface area contributed by atoms with E-state index in [1.54, 1.807) is 6.08 Å². The third kappa shape index (κ3) is 5.56.